The van der Waals surface area contributed by atoms with Crippen molar-refractivity contribution in [3.05, 3.63) is 29.3 Å². The van der Waals surface area contributed by atoms with Gasteiger partial charge in [-0.05, 0) is 24.3 Å². The van der Waals surface area contributed by atoms with Crippen LogP contribution in [0.2, 0.25) is 5.02 Å². The number of thioether (sulfide) groups is 1. The molecule has 0 bridgehead atoms. The van der Waals surface area contributed by atoms with Crippen molar-refractivity contribution in [1.82, 2.24) is 10.9 Å². The molecule has 7 nitrogen and oxygen atoms in total. The first-order chi connectivity index (χ1) is 9.97. The van der Waals surface area contributed by atoms with Crippen LogP contribution in [-0.4, -0.2) is 35.9 Å². The molecule has 114 valence electrons. The van der Waals surface area contributed by atoms with Crippen molar-refractivity contribution in [3.63, 3.8) is 0 Å². The van der Waals surface area contributed by atoms with Gasteiger partial charge in [0.25, 0.3) is 5.91 Å². The molecule has 1 aromatic carbocycles. The van der Waals surface area contributed by atoms with E-state index in [9.17, 15) is 19.5 Å². The highest BCUT2D eigenvalue weighted by Gasteiger charge is 2.05. The number of ether oxygens (including phenoxy) is 1. The van der Waals surface area contributed by atoms with Gasteiger partial charge in [-0.25, -0.2) is 0 Å². The normalized spacial score (nSPS) is 9.76. The van der Waals surface area contributed by atoms with Crippen LogP contribution in [0.3, 0.4) is 0 Å². The molecule has 1 aromatic rings. The number of carboxylic acid groups (broad SMARTS) is 1. The summed E-state index contributed by atoms with van der Waals surface area (Å²) < 4.78 is 5.15. The van der Waals surface area contributed by atoms with E-state index < -0.39 is 17.8 Å². The van der Waals surface area contributed by atoms with Gasteiger partial charge in [0.2, 0.25) is 5.91 Å². The standard InChI is InChI=1S/C12H13ClN2O5S/c13-8-1-3-9(4-2-8)20-5-10(16)14-15-11(17)6-21-7-12(18)19/h1-4H,5-7H2,(H,14,16)(H,15,17)(H,18,19)/p-1. The number of amides is 2. The fraction of sp³-hybridized carbons (Fsp3) is 0.250. The number of benzene rings is 1. The summed E-state index contributed by atoms with van der Waals surface area (Å²) in [4.78, 5) is 32.7. The Bertz CT molecular complexity index is 509. The lowest BCUT2D eigenvalue weighted by Crippen LogP contribution is -2.44. The highest BCUT2D eigenvalue weighted by atomic mass is 35.5. The molecule has 0 aliphatic carbocycles. The van der Waals surface area contributed by atoms with Crippen molar-refractivity contribution in [2.24, 2.45) is 0 Å². The van der Waals surface area contributed by atoms with Gasteiger partial charge in [-0.2, -0.15) is 0 Å². The molecule has 2 amide bonds. The number of halogens is 1. The molecule has 21 heavy (non-hydrogen) atoms. The van der Waals surface area contributed by atoms with Crippen LogP contribution in [-0.2, 0) is 14.4 Å². The van der Waals surface area contributed by atoms with Crippen LogP contribution in [0.5, 0.6) is 5.75 Å². The largest absolute Gasteiger partial charge is 0.549 e. The summed E-state index contributed by atoms with van der Waals surface area (Å²) in [5.74, 6) is -2.27. The van der Waals surface area contributed by atoms with Gasteiger partial charge in [-0.3, -0.25) is 20.4 Å². The summed E-state index contributed by atoms with van der Waals surface area (Å²) in [6.07, 6.45) is 0. The van der Waals surface area contributed by atoms with Crippen LogP contribution < -0.4 is 20.7 Å². The Morgan fingerprint density at radius 2 is 1.71 bits per heavy atom. The van der Waals surface area contributed by atoms with Gasteiger partial charge in [0.15, 0.2) is 6.61 Å². The van der Waals surface area contributed by atoms with Crippen LogP contribution in [0, 0.1) is 0 Å². The Labute approximate surface area is 130 Å². The van der Waals surface area contributed by atoms with Crippen molar-refractivity contribution in [2.75, 3.05) is 18.1 Å². The van der Waals surface area contributed by atoms with E-state index >= 15 is 0 Å². The van der Waals surface area contributed by atoms with E-state index in [4.69, 9.17) is 16.3 Å². The average Bonchev–Trinajstić information content (AvgIpc) is 2.44. The van der Waals surface area contributed by atoms with Gasteiger partial charge in [-0.15, -0.1) is 11.8 Å². The molecule has 0 saturated heterocycles. The summed E-state index contributed by atoms with van der Waals surface area (Å²) in [6, 6.07) is 6.44. The molecule has 0 fully saturated rings. The number of nitrogens with one attached hydrogen (secondary N) is 2. The molecule has 0 aromatic heterocycles. The molecule has 2 N–H and O–H groups in total. The summed E-state index contributed by atoms with van der Waals surface area (Å²) in [6.45, 7) is -0.284. The molecule has 0 spiro atoms. The Kier molecular flexibility index (Phi) is 7.41. The molecule has 0 radical (unpaired) electrons. The predicted octanol–water partition coefficient (Wildman–Crippen LogP) is -0.651. The highest BCUT2D eigenvalue weighted by Crippen LogP contribution is 2.15. The Morgan fingerprint density at radius 1 is 1.10 bits per heavy atom. The second-order valence-corrected chi connectivity index (χ2v) is 5.13. The maximum atomic E-state index is 11.4. The molecule has 0 unspecified atom stereocenters. The highest BCUT2D eigenvalue weighted by molar-refractivity contribution is 8.00. The third-order valence-electron chi connectivity index (χ3n) is 1.98. The number of rotatable bonds is 7. The number of carboxylic acids is 1. The Morgan fingerprint density at radius 3 is 2.33 bits per heavy atom. The number of aliphatic carboxylic acids is 1. The number of carbonyl (C=O) groups excluding carboxylic acids is 3. The van der Waals surface area contributed by atoms with Crippen molar-refractivity contribution in [1.29, 1.82) is 0 Å². The van der Waals surface area contributed by atoms with Crippen LogP contribution >= 0.6 is 23.4 Å². The number of hydrogen-bond donors (Lipinski definition) is 2. The smallest absolute Gasteiger partial charge is 0.276 e. The fourth-order valence-electron chi connectivity index (χ4n) is 1.12. The SMILES string of the molecule is O=C([O-])CSCC(=O)NNC(=O)COc1ccc(Cl)cc1. The van der Waals surface area contributed by atoms with E-state index in [1.54, 1.807) is 24.3 Å². The molecule has 0 saturated carbocycles. The lowest BCUT2D eigenvalue weighted by molar-refractivity contribution is -0.301. The summed E-state index contributed by atoms with van der Waals surface area (Å²) in [5.41, 5.74) is 4.26. The van der Waals surface area contributed by atoms with Gasteiger partial charge in [0.1, 0.15) is 5.75 Å². The van der Waals surface area contributed by atoms with Gasteiger partial charge in [-0.1, -0.05) is 11.6 Å². The van der Waals surface area contributed by atoms with Crippen LogP contribution in [0.4, 0.5) is 0 Å². The third-order valence-corrected chi connectivity index (χ3v) is 3.14. The van der Waals surface area contributed by atoms with E-state index in [0.29, 0.717) is 10.8 Å². The van der Waals surface area contributed by atoms with Gasteiger partial charge in [0, 0.05) is 10.8 Å². The zero-order valence-corrected chi connectivity index (χ0v) is 12.3. The topological polar surface area (TPSA) is 108 Å². The van der Waals surface area contributed by atoms with E-state index in [1.165, 1.54) is 0 Å². The van der Waals surface area contributed by atoms with Gasteiger partial charge >= 0.3 is 0 Å². The zero-order valence-electron chi connectivity index (χ0n) is 10.8. The number of carbonyl (C=O) groups is 3. The summed E-state index contributed by atoms with van der Waals surface area (Å²) >= 11 is 6.56. The van der Waals surface area contributed by atoms with Crippen molar-refractivity contribution >= 4 is 41.1 Å². The second-order valence-electron chi connectivity index (χ2n) is 3.70. The number of hydrazine groups is 1. The van der Waals surface area contributed by atoms with Crippen molar-refractivity contribution in [3.8, 4) is 5.75 Å². The first-order valence-electron chi connectivity index (χ1n) is 5.71. The summed E-state index contributed by atoms with van der Waals surface area (Å²) in [5, 5.41) is 10.7. The van der Waals surface area contributed by atoms with E-state index in [-0.39, 0.29) is 18.1 Å². The van der Waals surface area contributed by atoms with E-state index in [0.717, 1.165) is 11.8 Å². The molecular formula is C12H12ClN2O5S-. The lowest BCUT2D eigenvalue weighted by atomic mass is 10.3. The first kappa shape index (κ1) is 17.1. The minimum absolute atomic E-state index is 0.105. The van der Waals surface area contributed by atoms with Gasteiger partial charge < -0.3 is 14.6 Å². The van der Waals surface area contributed by atoms with E-state index in [2.05, 4.69) is 10.9 Å². The molecule has 0 aliphatic heterocycles. The quantitative estimate of drug-likeness (QED) is 0.643. The van der Waals surface area contributed by atoms with E-state index in [1.807, 2.05) is 0 Å². The van der Waals surface area contributed by atoms with Crippen LogP contribution in [0.1, 0.15) is 0 Å². The van der Waals surface area contributed by atoms with Crippen molar-refractivity contribution in [2.45, 2.75) is 0 Å². The maximum Gasteiger partial charge on any atom is 0.276 e. The molecule has 1 rings (SSSR count). The predicted molar refractivity (Wildman–Crippen MR) is 75.6 cm³/mol. The van der Waals surface area contributed by atoms with Crippen LogP contribution in [0.15, 0.2) is 24.3 Å². The zero-order chi connectivity index (χ0) is 15.7. The Hall–Kier alpha value is -1.93. The Balaban J connectivity index is 2.17. The molecule has 0 atom stereocenters. The van der Waals surface area contributed by atoms with Crippen LogP contribution in [0.25, 0.3) is 0 Å². The monoisotopic (exact) mass is 331 g/mol. The minimum atomic E-state index is -1.26. The fourth-order valence-corrected chi connectivity index (χ4v) is 1.77. The first-order valence-corrected chi connectivity index (χ1v) is 7.24. The third kappa shape index (κ3) is 8.05. The molecule has 0 aliphatic rings. The summed E-state index contributed by atoms with van der Waals surface area (Å²) in [7, 11) is 0. The lowest BCUT2D eigenvalue weighted by Gasteiger charge is -2.09. The second kappa shape index (κ2) is 9.09. The molecule has 0 heterocycles. The molecule has 9 heteroatoms. The maximum absolute atomic E-state index is 11.4. The molecular weight excluding hydrogens is 320 g/mol. The van der Waals surface area contributed by atoms with Gasteiger partial charge in [0.05, 0.1) is 11.7 Å². The van der Waals surface area contributed by atoms with Crippen molar-refractivity contribution < 1.29 is 24.2 Å². The number of hydrogen-bond acceptors (Lipinski definition) is 6. The minimum Gasteiger partial charge on any atom is -0.549 e. The average molecular weight is 332 g/mol.